The maximum Gasteiger partial charge on any atom is 0.300 e. The Morgan fingerprint density at radius 2 is 1.11 bits per heavy atom. The summed E-state index contributed by atoms with van der Waals surface area (Å²) in [4.78, 5) is 18.4. The van der Waals surface area contributed by atoms with E-state index in [4.69, 9.17) is 9.90 Å². The molecular formula is C5H12O4. The standard InChI is InChI=1S/C3H6O.C2H4O2.H2O/c1-3(2)4;1-2(3)4;/h1-2H3;1H3,(H,3,4);1H2. The van der Waals surface area contributed by atoms with Crippen molar-refractivity contribution in [2.45, 2.75) is 20.8 Å². The van der Waals surface area contributed by atoms with E-state index in [1.165, 1.54) is 13.8 Å². The topological polar surface area (TPSA) is 85.9 Å². The highest BCUT2D eigenvalue weighted by Gasteiger charge is 1.65. The Kier molecular flexibility index (Phi) is 17.7. The van der Waals surface area contributed by atoms with Crippen molar-refractivity contribution in [1.29, 1.82) is 0 Å². The minimum Gasteiger partial charge on any atom is -0.481 e. The molecule has 56 valence electrons. The summed E-state index contributed by atoms with van der Waals surface area (Å²) in [6, 6.07) is 0. The molecule has 0 atom stereocenters. The normalized spacial score (nSPS) is 5.67. The molecular weight excluding hydrogens is 124 g/mol. The predicted molar refractivity (Wildman–Crippen MR) is 33.3 cm³/mol. The zero-order chi connectivity index (χ0) is 7.15. The van der Waals surface area contributed by atoms with Crippen LogP contribution >= 0.6 is 0 Å². The van der Waals surface area contributed by atoms with Gasteiger partial charge in [0.15, 0.2) is 0 Å². The molecule has 0 saturated carbocycles. The van der Waals surface area contributed by atoms with E-state index in [2.05, 4.69) is 0 Å². The van der Waals surface area contributed by atoms with E-state index in [9.17, 15) is 4.79 Å². The van der Waals surface area contributed by atoms with E-state index >= 15 is 0 Å². The van der Waals surface area contributed by atoms with Crippen molar-refractivity contribution in [3.63, 3.8) is 0 Å². The van der Waals surface area contributed by atoms with Crippen LogP contribution in [0.1, 0.15) is 20.8 Å². The number of ketones is 1. The van der Waals surface area contributed by atoms with Gasteiger partial charge in [0, 0.05) is 6.92 Å². The second-order valence-corrected chi connectivity index (χ2v) is 1.43. The summed E-state index contributed by atoms with van der Waals surface area (Å²) in [6.07, 6.45) is 0. The van der Waals surface area contributed by atoms with Gasteiger partial charge in [-0.3, -0.25) is 4.79 Å². The summed E-state index contributed by atoms with van der Waals surface area (Å²) in [5.41, 5.74) is 0. The highest BCUT2D eigenvalue weighted by atomic mass is 16.4. The van der Waals surface area contributed by atoms with Crippen LogP contribution in [0.2, 0.25) is 0 Å². The van der Waals surface area contributed by atoms with Gasteiger partial charge in [-0.15, -0.1) is 0 Å². The van der Waals surface area contributed by atoms with Gasteiger partial charge in [-0.05, 0) is 13.8 Å². The number of carboxylic acids is 1. The van der Waals surface area contributed by atoms with Gasteiger partial charge in [0.2, 0.25) is 0 Å². The monoisotopic (exact) mass is 136 g/mol. The lowest BCUT2D eigenvalue weighted by Gasteiger charge is -1.59. The van der Waals surface area contributed by atoms with Crippen molar-refractivity contribution in [1.82, 2.24) is 0 Å². The maximum absolute atomic E-state index is 9.44. The average molecular weight is 136 g/mol. The lowest BCUT2D eigenvalue weighted by Crippen LogP contribution is -1.78. The molecule has 4 heteroatoms. The van der Waals surface area contributed by atoms with Gasteiger partial charge in [0.05, 0.1) is 0 Å². The van der Waals surface area contributed by atoms with E-state index in [0.29, 0.717) is 0 Å². The predicted octanol–water partition coefficient (Wildman–Crippen LogP) is -0.139. The third kappa shape index (κ3) is 228. The van der Waals surface area contributed by atoms with Crippen molar-refractivity contribution in [3.05, 3.63) is 0 Å². The lowest BCUT2D eigenvalue weighted by molar-refractivity contribution is -0.134. The third-order valence-electron chi connectivity index (χ3n) is 0. The number of hydrogen-bond donors (Lipinski definition) is 1. The zero-order valence-corrected chi connectivity index (χ0v) is 5.76. The Morgan fingerprint density at radius 3 is 1.11 bits per heavy atom. The Labute approximate surface area is 53.8 Å². The van der Waals surface area contributed by atoms with Crippen molar-refractivity contribution in [2.24, 2.45) is 0 Å². The van der Waals surface area contributed by atoms with E-state index in [-0.39, 0.29) is 11.3 Å². The first-order valence-electron chi connectivity index (χ1n) is 2.13. The summed E-state index contributed by atoms with van der Waals surface area (Å²) in [5, 5.41) is 7.42. The zero-order valence-electron chi connectivity index (χ0n) is 5.76. The van der Waals surface area contributed by atoms with Gasteiger partial charge < -0.3 is 15.4 Å². The summed E-state index contributed by atoms with van der Waals surface area (Å²) in [6.45, 7) is 4.14. The highest BCUT2D eigenvalue weighted by Crippen LogP contribution is 1.50. The molecule has 0 fully saturated rings. The molecule has 0 saturated heterocycles. The van der Waals surface area contributed by atoms with E-state index in [1.807, 2.05) is 0 Å². The summed E-state index contributed by atoms with van der Waals surface area (Å²) in [7, 11) is 0. The molecule has 0 aliphatic rings. The Balaban J connectivity index is -0.0000000720. The number of rotatable bonds is 0. The molecule has 0 rings (SSSR count). The number of aliphatic carboxylic acids is 1. The molecule has 0 amide bonds. The SMILES string of the molecule is CC(=O)O.CC(C)=O.O. The van der Waals surface area contributed by atoms with Gasteiger partial charge >= 0.3 is 0 Å². The smallest absolute Gasteiger partial charge is 0.300 e. The van der Waals surface area contributed by atoms with Crippen molar-refractivity contribution < 1.29 is 20.2 Å². The van der Waals surface area contributed by atoms with Gasteiger partial charge in [-0.1, -0.05) is 0 Å². The minimum absolute atomic E-state index is 0. The van der Waals surface area contributed by atoms with Crippen LogP contribution in [0.5, 0.6) is 0 Å². The molecule has 0 aromatic carbocycles. The van der Waals surface area contributed by atoms with Crippen LogP contribution in [0.4, 0.5) is 0 Å². The Morgan fingerprint density at radius 1 is 1.11 bits per heavy atom. The number of hydrogen-bond acceptors (Lipinski definition) is 2. The molecule has 0 unspecified atom stereocenters. The van der Waals surface area contributed by atoms with Crippen LogP contribution in [0.25, 0.3) is 0 Å². The molecule has 0 aliphatic heterocycles. The van der Waals surface area contributed by atoms with E-state index in [0.717, 1.165) is 6.92 Å². The number of carbonyl (C=O) groups is 2. The largest absolute Gasteiger partial charge is 0.481 e. The second kappa shape index (κ2) is 10.2. The average Bonchev–Trinajstić information content (AvgIpc) is 1.25. The fraction of sp³-hybridized carbons (Fsp3) is 0.600. The first kappa shape index (κ1) is 15.7. The minimum atomic E-state index is -0.833. The number of carboxylic acid groups (broad SMARTS) is 1. The van der Waals surface area contributed by atoms with Gasteiger partial charge in [-0.2, -0.15) is 0 Å². The first-order valence-corrected chi connectivity index (χ1v) is 2.13. The molecule has 9 heavy (non-hydrogen) atoms. The van der Waals surface area contributed by atoms with Crippen LogP contribution < -0.4 is 0 Å². The molecule has 0 radical (unpaired) electrons. The van der Waals surface area contributed by atoms with Crippen LogP contribution in [-0.2, 0) is 9.59 Å². The fourth-order valence-corrected chi connectivity index (χ4v) is 0. The maximum atomic E-state index is 9.44. The van der Waals surface area contributed by atoms with E-state index in [1.54, 1.807) is 0 Å². The van der Waals surface area contributed by atoms with Gasteiger partial charge in [0.1, 0.15) is 5.78 Å². The van der Waals surface area contributed by atoms with Gasteiger partial charge in [-0.25, -0.2) is 0 Å². The quantitative estimate of drug-likeness (QED) is 0.503. The van der Waals surface area contributed by atoms with Crippen LogP contribution in [0.3, 0.4) is 0 Å². The lowest BCUT2D eigenvalue weighted by atomic mass is 10.6. The van der Waals surface area contributed by atoms with Crippen molar-refractivity contribution in [2.75, 3.05) is 0 Å². The molecule has 0 bridgehead atoms. The summed E-state index contributed by atoms with van der Waals surface area (Å²) in [5.74, 6) is -0.667. The second-order valence-electron chi connectivity index (χ2n) is 1.43. The van der Waals surface area contributed by atoms with Crippen LogP contribution in [0.15, 0.2) is 0 Å². The third-order valence-corrected chi connectivity index (χ3v) is 0. The molecule has 0 aliphatic carbocycles. The Bertz CT molecular complexity index is 67.0. The first-order chi connectivity index (χ1) is 3.46. The Hall–Kier alpha value is -0.900. The molecule has 4 nitrogen and oxygen atoms in total. The summed E-state index contributed by atoms with van der Waals surface area (Å²) < 4.78 is 0. The van der Waals surface area contributed by atoms with Crippen LogP contribution in [0, 0.1) is 0 Å². The number of carbonyl (C=O) groups excluding carboxylic acids is 1. The van der Waals surface area contributed by atoms with Crippen molar-refractivity contribution in [3.8, 4) is 0 Å². The fourth-order valence-electron chi connectivity index (χ4n) is 0. The molecule has 0 spiro atoms. The van der Waals surface area contributed by atoms with Gasteiger partial charge in [0.25, 0.3) is 5.97 Å². The van der Waals surface area contributed by atoms with Crippen molar-refractivity contribution >= 4 is 11.8 Å². The molecule has 0 aromatic rings. The van der Waals surface area contributed by atoms with Crippen LogP contribution in [-0.4, -0.2) is 22.3 Å². The highest BCUT2D eigenvalue weighted by molar-refractivity contribution is 5.72. The molecule has 3 N–H and O–H groups in total. The molecule has 0 heterocycles. The summed E-state index contributed by atoms with van der Waals surface area (Å²) >= 11 is 0. The molecule has 0 aromatic heterocycles. The number of Topliss-reactive ketones (excluding diaryl/α,β-unsaturated/α-hetero) is 1. The van der Waals surface area contributed by atoms with E-state index < -0.39 is 5.97 Å².